The Kier molecular flexibility index (Phi) is 11.9. The average Bonchev–Trinajstić information content (AvgIpc) is 1.95. The van der Waals surface area contributed by atoms with E-state index in [1.165, 1.54) is 6.42 Å². The van der Waals surface area contributed by atoms with E-state index in [1.54, 1.807) is 0 Å². The predicted octanol–water partition coefficient (Wildman–Crippen LogP) is 3.76. The molecule has 100 valence electrons. The molecule has 0 rings (SSSR count). The third-order valence-corrected chi connectivity index (χ3v) is 7.79. The van der Waals surface area contributed by atoms with Gasteiger partial charge in [0.25, 0.3) is 0 Å². The monoisotopic (exact) mass is 289 g/mol. The smallest absolute Gasteiger partial charge is 0.664 e. The Hall–Kier alpha value is 0.643. The second-order valence-electron chi connectivity index (χ2n) is 5.85. The van der Waals surface area contributed by atoms with Gasteiger partial charge in [-0.05, 0) is 20.6 Å². The van der Waals surface area contributed by atoms with Crippen LogP contribution in [0.25, 0.3) is 4.98 Å². The fourth-order valence-corrected chi connectivity index (χ4v) is 2.17. The molecule has 0 aliphatic carbocycles. The van der Waals surface area contributed by atoms with Crippen LogP contribution in [0.2, 0.25) is 18.1 Å². The van der Waals surface area contributed by atoms with E-state index in [2.05, 4.69) is 52.9 Å². The first kappa shape index (κ1) is 21.9. The van der Waals surface area contributed by atoms with Gasteiger partial charge in [-0.2, -0.15) is 0 Å². The van der Waals surface area contributed by atoms with Crippen LogP contribution in [0.15, 0.2) is 0 Å². The first-order chi connectivity index (χ1) is 6.17. The second-order valence-corrected chi connectivity index (χ2v) is 10.8. The summed E-state index contributed by atoms with van der Waals surface area (Å²) in [5, 5.41) is 0.394. The Bertz CT molecular complexity index is 165. The molecule has 0 saturated heterocycles. The number of hydrogen-bond acceptors (Lipinski definition) is 1. The van der Waals surface area contributed by atoms with Crippen LogP contribution in [0.4, 0.5) is 0 Å². The van der Waals surface area contributed by atoms with Gasteiger partial charge >= 0.3 is 16.8 Å². The minimum absolute atomic E-state index is 0. The molecule has 0 saturated carbocycles. The van der Waals surface area contributed by atoms with Crippen LogP contribution in [0.3, 0.4) is 0 Å². The van der Waals surface area contributed by atoms with Gasteiger partial charge in [-0.15, -0.1) is 6.54 Å². The fourth-order valence-electron chi connectivity index (χ4n) is 0.983. The van der Waals surface area contributed by atoms with Crippen LogP contribution in [-0.2, 0) is 16.8 Å². The zero-order chi connectivity index (χ0) is 11.4. The van der Waals surface area contributed by atoms with Crippen molar-refractivity contribution in [1.29, 1.82) is 0 Å². The number of hydrogen-bond donors (Lipinski definition) is 0. The van der Waals surface area contributed by atoms with E-state index in [4.69, 9.17) is 4.98 Å². The van der Waals surface area contributed by atoms with Gasteiger partial charge in [-0.1, -0.05) is 53.6 Å². The molecule has 0 aliphatic heterocycles. The maximum atomic E-state index is 4.91. The molecule has 0 spiro atoms. The molecule has 0 atom stereocenters. The van der Waals surface area contributed by atoms with Crippen molar-refractivity contribution in [1.82, 2.24) is 4.90 Å². The molecule has 4 heteroatoms. The molecule has 2 nitrogen and oxygen atoms in total. The summed E-state index contributed by atoms with van der Waals surface area (Å²) < 4.78 is 0. The molecule has 0 fully saturated rings. The van der Waals surface area contributed by atoms with Crippen molar-refractivity contribution in [3.63, 3.8) is 0 Å². The SMILES string of the molecule is CN(C)CCC[N-][Si](C)(C)C(C)(C)C.[CH3-].[Co+3]. The first-order valence-electron chi connectivity index (χ1n) is 5.50. The van der Waals surface area contributed by atoms with Crippen molar-refractivity contribution < 1.29 is 16.8 Å². The minimum Gasteiger partial charge on any atom is -0.664 e. The summed E-state index contributed by atoms with van der Waals surface area (Å²) >= 11 is 0. The maximum Gasteiger partial charge on any atom is 3.00 e. The molecular weight excluding hydrogens is 259 g/mol. The van der Waals surface area contributed by atoms with E-state index in [0.29, 0.717) is 5.04 Å². The molecule has 0 radical (unpaired) electrons. The van der Waals surface area contributed by atoms with E-state index >= 15 is 0 Å². The van der Waals surface area contributed by atoms with E-state index in [-0.39, 0.29) is 24.2 Å². The molecule has 0 bridgehead atoms. The molecule has 0 aromatic rings. The molecule has 0 unspecified atom stereocenters. The van der Waals surface area contributed by atoms with Gasteiger partial charge in [0.05, 0.1) is 0 Å². The van der Waals surface area contributed by atoms with Crippen molar-refractivity contribution in [2.24, 2.45) is 0 Å². The largest absolute Gasteiger partial charge is 3.00 e. The van der Waals surface area contributed by atoms with Gasteiger partial charge in [0.1, 0.15) is 0 Å². The van der Waals surface area contributed by atoms with Crippen molar-refractivity contribution in [2.45, 2.75) is 45.3 Å². The van der Waals surface area contributed by atoms with Gasteiger partial charge in [0.2, 0.25) is 0 Å². The molecule has 0 aromatic carbocycles. The summed E-state index contributed by atoms with van der Waals surface area (Å²) in [6, 6.07) is 0. The van der Waals surface area contributed by atoms with Gasteiger partial charge in [-0.25, -0.2) is 0 Å². The normalized spacial score (nSPS) is 12.0. The van der Waals surface area contributed by atoms with Gasteiger partial charge in [0, 0.05) is 0 Å². The Morgan fingerprint density at radius 3 is 1.88 bits per heavy atom. The topological polar surface area (TPSA) is 17.3 Å². The van der Waals surface area contributed by atoms with Crippen molar-refractivity contribution >= 4 is 8.24 Å². The van der Waals surface area contributed by atoms with E-state index < -0.39 is 8.24 Å². The zero-order valence-electron chi connectivity index (χ0n) is 12.3. The summed E-state index contributed by atoms with van der Waals surface area (Å²) in [4.78, 5) is 7.13. The summed E-state index contributed by atoms with van der Waals surface area (Å²) in [5.74, 6) is 0. The molecule has 0 N–H and O–H groups in total. The standard InChI is InChI=1S/C11H27N2Si.CH3.Co/c1-11(2,3)14(6,7)12-9-8-10-13(4)5;;/h8-10H2,1-7H3;1H3;/q2*-1;+3. The van der Waals surface area contributed by atoms with Gasteiger partial charge < -0.3 is 17.3 Å². The van der Waals surface area contributed by atoms with Gasteiger partial charge in [-0.3, -0.25) is 0 Å². The summed E-state index contributed by atoms with van der Waals surface area (Å²) in [5.41, 5.74) is 0. The van der Waals surface area contributed by atoms with Crippen LogP contribution in [0.5, 0.6) is 0 Å². The van der Waals surface area contributed by atoms with Crippen molar-refractivity contribution in [3.8, 4) is 0 Å². The molecule has 0 aromatic heterocycles. The number of rotatable bonds is 5. The summed E-state index contributed by atoms with van der Waals surface area (Å²) in [6.45, 7) is 13.9. The molecule has 16 heavy (non-hydrogen) atoms. The Morgan fingerprint density at radius 1 is 1.12 bits per heavy atom. The maximum absolute atomic E-state index is 4.91. The van der Waals surface area contributed by atoms with Crippen molar-refractivity contribution in [3.05, 3.63) is 12.4 Å². The van der Waals surface area contributed by atoms with Gasteiger partial charge in [0.15, 0.2) is 0 Å². The molecule has 0 aliphatic rings. The first-order valence-corrected chi connectivity index (χ1v) is 8.45. The summed E-state index contributed by atoms with van der Waals surface area (Å²) in [6.07, 6.45) is 1.19. The van der Waals surface area contributed by atoms with Crippen molar-refractivity contribution in [2.75, 3.05) is 27.2 Å². The summed E-state index contributed by atoms with van der Waals surface area (Å²) in [7, 11) is 2.86. The predicted molar refractivity (Wildman–Crippen MR) is 75.0 cm³/mol. The minimum atomic E-state index is -1.37. The van der Waals surface area contributed by atoms with Crippen LogP contribution >= 0.6 is 0 Å². The Morgan fingerprint density at radius 2 is 1.56 bits per heavy atom. The average molecular weight is 289 g/mol. The second kappa shape index (κ2) is 8.69. The fraction of sp³-hybridized carbons (Fsp3) is 0.917. The molecule has 0 amide bonds. The third kappa shape index (κ3) is 8.76. The van der Waals surface area contributed by atoms with E-state index in [9.17, 15) is 0 Å². The van der Waals surface area contributed by atoms with Crippen LogP contribution in [0.1, 0.15) is 27.2 Å². The zero-order valence-corrected chi connectivity index (χ0v) is 14.4. The van der Waals surface area contributed by atoms with Crippen LogP contribution in [-0.4, -0.2) is 40.3 Å². The molecular formula is C12H30CoN2Si+. The Labute approximate surface area is 115 Å². The van der Waals surface area contributed by atoms with E-state index in [0.717, 1.165) is 13.1 Å². The quantitative estimate of drug-likeness (QED) is 0.428. The molecule has 0 heterocycles. The van der Waals surface area contributed by atoms with E-state index in [1.807, 2.05) is 0 Å². The number of nitrogens with zero attached hydrogens (tertiary/aromatic N) is 2. The van der Waals surface area contributed by atoms with Crippen LogP contribution < -0.4 is 0 Å². The Balaban J connectivity index is -0.000000845. The third-order valence-electron chi connectivity index (χ3n) is 3.11. The van der Waals surface area contributed by atoms with Crippen LogP contribution in [0, 0.1) is 7.43 Å².